The molecule has 0 aliphatic carbocycles. The number of piperazine rings is 1. The molecule has 0 bridgehead atoms. The minimum atomic E-state index is -0.358. The predicted molar refractivity (Wildman–Crippen MR) is 111 cm³/mol. The number of nitrogens with one attached hydrogen (secondary N) is 1. The van der Waals surface area contributed by atoms with Crippen molar-refractivity contribution < 1.29 is 14.3 Å². The zero-order valence-corrected chi connectivity index (χ0v) is 17.0. The standard InChI is InChI=1S/C20H21Cl2N3O3/c1-2-24-8-10-25(11-9-24)18-14(22)4-3-5-15(18)23-20(26)17-13(21)6-7-16-19(17)28-12-27-16/h3-7H,2,8-12H2,1H3,(H,23,26). The first kappa shape index (κ1) is 19.2. The minimum absolute atomic E-state index is 0.0695. The molecule has 2 aromatic rings. The van der Waals surface area contributed by atoms with Gasteiger partial charge in [0.25, 0.3) is 5.91 Å². The molecule has 6 nitrogen and oxygen atoms in total. The number of fused-ring (bicyclic) bond motifs is 1. The number of ether oxygens (including phenoxy) is 2. The van der Waals surface area contributed by atoms with E-state index in [0.717, 1.165) is 38.4 Å². The van der Waals surface area contributed by atoms with Crippen LogP contribution in [0.25, 0.3) is 0 Å². The third-order valence-corrected chi connectivity index (χ3v) is 5.71. The molecule has 0 aromatic heterocycles. The summed E-state index contributed by atoms with van der Waals surface area (Å²) < 4.78 is 10.8. The van der Waals surface area contributed by atoms with Crippen molar-refractivity contribution in [2.75, 3.05) is 49.7 Å². The number of para-hydroxylation sites is 1. The maximum absolute atomic E-state index is 13.0. The second kappa shape index (κ2) is 8.07. The molecule has 0 saturated carbocycles. The summed E-state index contributed by atoms with van der Waals surface area (Å²) in [6.45, 7) is 6.86. The van der Waals surface area contributed by atoms with E-state index in [9.17, 15) is 4.79 Å². The molecule has 2 heterocycles. The molecular weight excluding hydrogens is 401 g/mol. The Morgan fingerprint density at radius 1 is 1.07 bits per heavy atom. The van der Waals surface area contributed by atoms with Crippen LogP contribution in [-0.2, 0) is 0 Å². The van der Waals surface area contributed by atoms with Gasteiger partial charge in [-0.15, -0.1) is 0 Å². The lowest BCUT2D eigenvalue weighted by Gasteiger charge is -2.36. The summed E-state index contributed by atoms with van der Waals surface area (Å²) in [5, 5.41) is 3.87. The summed E-state index contributed by atoms with van der Waals surface area (Å²) in [4.78, 5) is 17.6. The molecular formula is C20H21Cl2N3O3. The number of carbonyl (C=O) groups excluding carboxylic acids is 1. The smallest absolute Gasteiger partial charge is 0.261 e. The molecule has 2 aliphatic heterocycles. The van der Waals surface area contributed by atoms with Crippen molar-refractivity contribution in [3.8, 4) is 11.5 Å². The normalized spacial score (nSPS) is 16.3. The predicted octanol–water partition coefficient (Wildman–Crippen LogP) is 4.12. The number of benzene rings is 2. The average Bonchev–Trinajstić information content (AvgIpc) is 3.16. The van der Waals surface area contributed by atoms with E-state index in [-0.39, 0.29) is 18.3 Å². The summed E-state index contributed by atoms with van der Waals surface area (Å²) in [7, 11) is 0. The van der Waals surface area contributed by atoms with Crippen LogP contribution in [0.1, 0.15) is 17.3 Å². The Balaban J connectivity index is 1.62. The van der Waals surface area contributed by atoms with Crippen molar-refractivity contribution in [1.29, 1.82) is 0 Å². The van der Waals surface area contributed by atoms with Crippen LogP contribution in [0.15, 0.2) is 30.3 Å². The van der Waals surface area contributed by atoms with Crippen LogP contribution in [0, 0.1) is 0 Å². The molecule has 2 aromatic carbocycles. The highest BCUT2D eigenvalue weighted by atomic mass is 35.5. The van der Waals surface area contributed by atoms with Gasteiger partial charge in [-0.3, -0.25) is 4.79 Å². The van der Waals surface area contributed by atoms with Gasteiger partial charge in [-0.05, 0) is 30.8 Å². The van der Waals surface area contributed by atoms with Crippen molar-refractivity contribution in [1.82, 2.24) is 4.90 Å². The molecule has 0 unspecified atom stereocenters. The summed E-state index contributed by atoms with van der Waals surface area (Å²) in [6.07, 6.45) is 0. The zero-order chi connectivity index (χ0) is 19.7. The molecule has 1 N–H and O–H groups in total. The van der Waals surface area contributed by atoms with Gasteiger partial charge in [0.1, 0.15) is 5.56 Å². The first-order valence-corrected chi connectivity index (χ1v) is 9.99. The van der Waals surface area contributed by atoms with Gasteiger partial charge in [-0.25, -0.2) is 0 Å². The van der Waals surface area contributed by atoms with Crippen LogP contribution in [0.3, 0.4) is 0 Å². The van der Waals surface area contributed by atoms with Gasteiger partial charge in [0.05, 0.1) is 21.4 Å². The van der Waals surface area contributed by atoms with Crippen molar-refractivity contribution >= 4 is 40.5 Å². The van der Waals surface area contributed by atoms with Gasteiger partial charge in [0.15, 0.2) is 11.5 Å². The molecule has 0 spiro atoms. The number of hydrogen-bond acceptors (Lipinski definition) is 5. The molecule has 1 fully saturated rings. The number of halogens is 2. The number of rotatable bonds is 4. The third kappa shape index (κ3) is 3.60. The van der Waals surface area contributed by atoms with E-state index < -0.39 is 0 Å². The van der Waals surface area contributed by atoms with E-state index in [2.05, 4.69) is 22.0 Å². The van der Waals surface area contributed by atoms with Gasteiger partial charge < -0.3 is 24.6 Å². The lowest BCUT2D eigenvalue weighted by molar-refractivity contribution is 0.102. The lowest BCUT2D eigenvalue weighted by atomic mass is 10.1. The minimum Gasteiger partial charge on any atom is -0.454 e. The van der Waals surface area contributed by atoms with E-state index in [1.807, 2.05) is 18.2 Å². The Morgan fingerprint density at radius 2 is 1.86 bits per heavy atom. The fourth-order valence-corrected chi connectivity index (χ4v) is 4.10. The van der Waals surface area contributed by atoms with Gasteiger partial charge in [0.2, 0.25) is 6.79 Å². The highest BCUT2D eigenvalue weighted by molar-refractivity contribution is 6.36. The number of carbonyl (C=O) groups is 1. The maximum Gasteiger partial charge on any atom is 0.261 e. The van der Waals surface area contributed by atoms with Gasteiger partial charge >= 0.3 is 0 Å². The van der Waals surface area contributed by atoms with Crippen LogP contribution < -0.4 is 19.7 Å². The number of hydrogen-bond donors (Lipinski definition) is 1. The zero-order valence-electron chi connectivity index (χ0n) is 15.5. The van der Waals surface area contributed by atoms with Crippen LogP contribution in [0.5, 0.6) is 11.5 Å². The van der Waals surface area contributed by atoms with Crippen molar-refractivity contribution in [2.45, 2.75) is 6.92 Å². The van der Waals surface area contributed by atoms with E-state index in [4.69, 9.17) is 32.7 Å². The molecule has 1 amide bonds. The molecule has 0 radical (unpaired) electrons. The Hall–Kier alpha value is -2.15. The highest BCUT2D eigenvalue weighted by Gasteiger charge is 2.27. The second-order valence-corrected chi connectivity index (χ2v) is 7.48. The average molecular weight is 422 g/mol. The summed E-state index contributed by atoms with van der Waals surface area (Å²) >= 11 is 12.8. The van der Waals surface area contributed by atoms with E-state index in [0.29, 0.717) is 27.2 Å². The van der Waals surface area contributed by atoms with Gasteiger partial charge in [-0.1, -0.05) is 36.2 Å². The Kier molecular flexibility index (Phi) is 5.53. The van der Waals surface area contributed by atoms with Crippen LogP contribution in [0.2, 0.25) is 10.0 Å². The number of likely N-dealkylation sites (N-methyl/N-ethyl adjacent to an activating group) is 1. The van der Waals surface area contributed by atoms with Crippen LogP contribution >= 0.6 is 23.2 Å². The summed E-state index contributed by atoms with van der Waals surface area (Å²) in [6, 6.07) is 8.83. The number of nitrogens with zero attached hydrogens (tertiary/aromatic N) is 2. The Labute approximate surface area is 173 Å². The molecule has 28 heavy (non-hydrogen) atoms. The Morgan fingerprint density at radius 3 is 2.61 bits per heavy atom. The first-order chi connectivity index (χ1) is 13.6. The summed E-state index contributed by atoms with van der Waals surface area (Å²) in [5.41, 5.74) is 1.74. The SMILES string of the molecule is CCN1CCN(c2c(Cl)cccc2NC(=O)c2c(Cl)ccc3c2OCO3)CC1. The quantitative estimate of drug-likeness (QED) is 0.804. The third-order valence-electron chi connectivity index (χ3n) is 5.09. The van der Waals surface area contributed by atoms with Gasteiger partial charge in [0, 0.05) is 26.2 Å². The Bertz CT molecular complexity index is 899. The molecule has 8 heteroatoms. The van der Waals surface area contributed by atoms with Crippen LogP contribution in [0.4, 0.5) is 11.4 Å². The second-order valence-electron chi connectivity index (χ2n) is 6.67. The number of amides is 1. The largest absolute Gasteiger partial charge is 0.454 e. The highest BCUT2D eigenvalue weighted by Crippen LogP contribution is 2.41. The van der Waals surface area contributed by atoms with Crippen molar-refractivity contribution in [3.63, 3.8) is 0 Å². The fraction of sp³-hybridized carbons (Fsp3) is 0.350. The van der Waals surface area contributed by atoms with Crippen molar-refractivity contribution in [2.24, 2.45) is 0 Å². The molecule has 1 saturated heterocycles. The van der Waals surface area contributed by atoms with E-state index >= 15 is 0 Å². The molecule has 2 aliphatic rings. The van der Waals surface area contributed by atoms with Gasteiger partial charge in [-0.2, -0.15) is 0 Å². The topological polar surface area (TPSA) is 54.0 Å². The fourth-order valence-electron chi connectivity index (χ4n) is 3.57. The van der Waals surface area contributed by atoms with Crippen LogP contribution in [-0.4, -0.2) is 50.3 Å². The lowest BCUT2D eigenvalue weighted by Crippen LogP contribution is -2.46. The molecule has 148 valence electrons. The van der Waals surface area contributed by atoms with E-state index in [1.165, 1.54) is 0 Å². The first-order valence-electron chi connectivity index (χ1n) is 9.23. The van der Waals surface area contributed by atoms with Crippen molar-refractivity contribution in [3.05, 3.63) is 45.9 Å². The monoisotopic (exact) mass is 421 g/mol. The number of anilines is 2. The molecule has 4 rings (SSSR count). The summed E-state index contributed by atoms with van der Waals surface area (Å²) in [5.74, 6) is 0.518. The van der Waals surface area contributed by atoms with E-state index in [1.54, 1.807) is 12.1 Å². The maximum atomic E-state index is 13.0. The molecule has 0 atom stereocenters.